The summed E-state index contributed by atoms with van der Waals surface area (Å²) >= 11 is 0. The van der Waals surface area contributed by atoms with Gasteiger partial charge >= 0.3 is 0 Å². The van der Waals surface area contributed by atoms with Crippen LogP contribution in [-0.4, -0.2) is 53.6 Å². The van der Waals surface area contributed by atoms with Gasteiger partial charge in [0, 0.05) is 25.2 Å². The number of nitrogens with zero attached hydrogens (tertiary/aromatic N) is 5. The molecule has 2 aromatic carbocycles. The van der Waals surface area contributed by atoms with Gasteiger partial charge in [-0.15, -0.1) is 0 Å². The van der Waals surface area contributed by atoms with Crippen molar-refractivity contribution in [3.63, 3.8) is 0 Å². The van der Waals surface area contributed by atoms with Gasteiger partial charge in [-0.3, -0.25) is 19.8 Å². The van der Waals surface area contributed by atoms with E-state index in [4.69, 9.17) is 9.85 Å². The molecule has 2 bridgehead atoms. The van der Waals surface area contributed by atoms with Crippen molar-refractivity contribution in [3.8, 4) is 0 Å². The molecule has 1 spiro atoms. The molecular formula is C27H29N5O4. The Labute approximate surface area is 209 Å². The molecule has 2 aliphatic carbocycles. The number of hydrogen-bond acceptors (Lipinski definition) is 8. The summed E-state index contributed by atoms with van der Waals surface area (Å²) in [5.74, 6) is 0.189. The fourth-order valence-electron chi connectivity index (χ4n) is 7.16. The lowest BCUT2D eigenvalue weighted by Crippen LogP contribution is -2.64. The van der Waals surface area contributed by atoms with Gasteiger partial charge in [0.1, 0.15) is 11.7 Å². The lowest BCUT2D eigenvalue weighted by molar-refractivity contribution is -0.384. The van der Waals surface area contributed by atoms with Gasteiger partial charge < -0.3 is 4.74 Å². The van der Waals surface area contributed by atoms with Gasteiger partial charge in [-0.1, -0.05) is 41.1 Å². The normalized spacial score (nSPS) is 33.8. The molecule has 0 aromatic heterocycles. The van der Waals surface area contributed by atoms with Crippen LogP contribution in [0.4, 0.5) is 11.4 Å². The Morgan fingerprint density at radius 2 is 1.72 bits per heavy atom. The van der Waals surface area contributed by atoms with Crippen LogP contribution in [0.2, 0.25) is 0 Å². The molecule has 4 aliphatic rings. The summed E-state index contributed by atoms with van der Waals surface area (Å²) in [6.07, 6.45) is 0.234. The van der Waals surface area contributed by atoms with Crippen molar-refractivity contribution in [2.45, 2.75) is 38.9 Å². The zero-order valence-electron chi connectivity index (χ0n) is 20.7. The molecular weight excluding hydrogens is 458 g/mol. The number of allylic oxidation sites excluding steroid dienone is 1. The van der Waals surface area contributed by atoms with Crippen LogP contribution in [0.5, 0.6) is 0 Å². The van der Waals surface area contributed by atoms with E-state index in [1.165, 1.54) is 12.1 Å². The first-order valence-electron chi connectivity index (χ1n) is 12.3. The van der Waals surface area contributed by atoms with Crippen molar-refractivity contribution in [3.05, 3.63) is 75.8 Å². The van der Waals surface area contributed by atoms with Crippen LogP contribution in [0.25, 0.3) is 5.57 Å². The minimum atomic E-state index is -0.838. The molecule has 0 amide bonds. The number of nitro benzene ring substituents is 1. The number of morpholine rings is 1. The number of non-ortho nitro benzene ring substituents is 1. The second-order valence-electron chi connectivity index (χ2n) is 10.6. The Morgan fingerprint density at radius 1 is 1.06 bits per heavy atom. The minimum Gasteiger partial charge on any atom is -0.379 e. The number of carbonyl (C=O) groups is 1. The van der Waals surface area contributed by atoms with E-state index >= 15 is 0 Å². The van der Waals surface area contributed by atoms with E-state index < -0.39 is 21.3 Å². The Hall–Kier alpha value is -3.43. The maximum absolute atomic E-state index is 14.3. The van der Waals surface area contributed by atoms with Crippen LogP contribution in [0.15, 0.2) is 70.5 Å². The van der Waals surface area contributed by atoms with Gasteiger partial charge in [0.25, 0.3) is 5.69 Å². The molecule has 0 N–H and O–H groups in total. The Balaban J connectivity index is 1.49. The zero-order valence-corrected chi connectivity index (χ0v) is 20.7. The highest BCUT2D eigenvalue weighted by Crippen LogP contribution is 2.71. The lowest BCUT2D eigenvalue weighted by Gasteiger charge is -2.49. The van der Waals surface area contributed by atoms with Crippen LogP contribution in [0, 0.1) is 20.9 Å². The summed E-state index contributed by atoms with van der Waals surface area (Å²) in [4.78, 5) is 27.4. The van der Waals surface area contributed by atoms with E-state index in [2.05, 4.69) is 36.1 Å². The Bertz CT molecular complexity index is 1300. The summed E-state index contributed by atoms with van der Waals surface area (Å²) in [7, 11) is 0. The van der Waals surface area contributed by atoms with Gasteiger partial charge in [-0.05, 0) is 50.5 Å². The summed E-state index contributed by atoms with van der Waals surface area (Å²) in [6.45, 7) is 8.73. The molecule has 36 heavy (non-hydrogen) atoms. The lowest BCUT2D eigenvalue weighted by atomic mass is 9.63. The largest absolute Gasteiger partial charge is 0.379 e. The summed E-state index contributed by atoms with van der Waals surface area (Å²) in [6, 6.07) is 16.5. The van der Waals surface area contributed by atoms with E-state index in [1.807, 2.05) is 30.1 Å². The SMILES string of the molecule is CC1=C(c2ccccc2)[C@@]2(C)C[C@]3(N=NN(c4ccc([N+](=O)[O-])cc4)[C@@H]3N3CCOCC3)[C@]1(C)C2=O. The number of Topliss-reactive ketones (excluding diaryl/α,β-unsaturated/α-hetero) is 1. The van der Waals surface area contributed by atoms with Crippen LogP contribution in [0.3, 0.4) is 0 Å². The highest BCUT2D eigenvalue weighted by Gasteiger charge is 2.78. The molecule has 0 radical (unpaired) electrons. The monoisotopic (exact) mass is 487 g/mol. The molecule has 2 heterocycles. The second-order valence-corrected chi connectivity index (χ2v) is 10.6. The van der Waals surface area contributed by atoms with Crippen molar-refractivity contribution < 1.29 is 14.5 Å². The average Bonchev–Trinajstić information content (AvgIpc) is 3.40. The number of fused-ring (bicyclic) bond motifs is 3. The van der Waals surface area contributed by atoms with Gasteiger partial charge in [0.05, 0.1) is 34.7 Å². The number of benzene rings is 2. The molecule has 6 rings (SSSR count). The molecule has 1 saturated heterocycles. The van der Waals surface area contributed by atoms with E-state index in [-0.39, 0.29) is 17.6 Å². The molecule has 9 heteroatoms. The van der Waals surface area contributed by atoms with E-state index in [1.54, 1.807) is 12.1 Å². The number of nitro groups is 1. The van der Waals surface area contributed by atoms with Crippen LogP contribution in [-0.2, 0) is 9.53 Å². The number of ether oxygens (including phenoxy) is 1. The Morgan fingerprint density at radius 3 is 2.33 bits per heavy atom. The van der Waals surface area contributed by atoms with Crippen molar-refractivity contribution in [1.29, 1.82) is 0 Å². The molecule has 9 nitrogen and oxygen atoms in total. The van der Waals surface area contributed by atoms with Crippen molar-refractivity contribution in [2.24, 2.45) is 21.2 Å². The first kappa shape index (κ1) is 23.0. The van der Waals surface area contributed by atoms with E-state index in [0.29, 0.717) is 38.4 Å². The second kappa shape index (κ2) is 7.78. The predicted octanol–water partition coefficient (Wildman–Crippen LogP) is 4.65. The molecule has 186 valence electrons. The smallest absolute Gasteiger partial charge is 0.269 e. The Kier molecular flexibility index (Phi) is 4.97. The molecule has 1 saturated carbocycles. The average molecular weight is 488 g/mol. The molecule has 2 aromatic rings. The topological polar surface area (TPSA) is 101 Å². The number of anilines is 1. The van der Waals surface area contributed by atoms with Gasteiger partial charge in [0.15, 0.2) is 5.78 Å². The van der Waals surface area contributed by atoms with Crippen molar-refractivity contribution in [1.82, 2.24) is 4.90 Å². The van der Waals surface area contributed by atoms with Crippen molar-refractivity contribution in [2.75, 3.05) is 31.3 Å². The first-order valence-corrected chi connectivity index (χ1v) is 12.3. The first-order chi connectivity index (χ1) is 17.2. The quantitative estimate of drug-likeness (QED) is 0.460. The van der Waals surface area contributed by atoms with E-state index in [0.717, 1.165) is 16.7 Å². The highest BCUT2D eigenvalue weighted by atomic mass is 16.6. The van der Waals surface area contributed by atoms with Crippen LogP contribution >= 0.6 is 0 Å². The maximum atomic E-state index is 14.3. The fraction of sp³-hybridized carbons (Fsp3) is 0.444. The third-order valence-electron chi connectivity index (χ3n) is 8.88. The molecule has 2 aliphatic heterocycles. The third kappa shape index (κ3) is 2.81. The van der Waals surface area contributed by atoms with Crippen LogP contribution < -0.4 is 5.01 Å². The van der Waals surface area contributed by atoms with Gasteiger partial charge in [0.2, 0.25) is 0 Å². The molecule has 0 unspecified atom stereocenters. The summed E-state index contributed by atoms with van der Waals surface area (Å²) in [5.41, 5.74) is 1.65. The third-order valence-corrected chi connectivity index (χ3v) is 8.88. The zero-order chi connectivity index (χ0) is 25.3. The predicted molar refractivity (Wildman–Crippen MR) is 134 cm³/mol. The number of carbonyl (C=O) groups excluding carboxylic acids is 1. The van der Waals surface area contributed by atoms with Gasteiger partial charge in [-0.25, -0.2) is 5.01 Å². The molecule has 2 fully saturated rings. The molecule has 4 atom stereocenters. The fourth-order valence-corrected chi connectivity index (χ4v) is 7.16. The summed E-state index contributed by atoms with van der Waals surface area (Å²) in [5, 5.41) is 22.7. The van der Waals surface area contributed by atoms with Gasteiger partial charge in [-0.2, -0.15) is 5.11 Å². The minimum absolute atomic E-state index is 0.0216. The number of hydrogen-bond donors (Lipinski definition) is 0. The van der Waals surface area contributed by atoms with Crippen molar-refractivity contribution >= 4 is 22.7 Å². The van der Waals surface area contributed by atoms with E-state index in [9.17, 15) is 14.9 Å². The number of rotatable bonds is 4. The summed E-state index contributed by atoms with van der Waals surface area (Å²) < 4.78 is 5.64. The number of ketones is 1. The standard InChI is InChI=1S/C27H29N5O4/c1-18-22(19-7-5-4-6-8-19)25(2)17-27(26(18,3)23(25)33)24(30-13-15-36-16-14-30)31(29-28-27)20-9-11-21(12-10-20)32(34)35/h4-12,24H,13-17H2,1-3H3/t24-,25+,26-,27+/m0/s1. The highest BCUT2D eigenvalue weighted by molar-refractivity contribution is 6.12. The van der Waals surface area contributed by atoms with Crippen LogP contribution in [0.1, 0.15) is 32.8 Å². The maximum Gasteiger partial charge on any atom is 0.269 e.